The van der Waals surface area contributed by atoms with Crippen LogP contribution in [0.3, 0.4) is 0 Å². The average Bonchev–Trinajstić information content (AvgIpc) is 2.40. The molecule has 0 fully saturated rings. The van der Waals surface area contributed by atoms with E-state index in [4.69, 9.17) is 10.9 Å². The third kappa shape index (κ3) is 3.84. The van der Waals surface area contributed by atoms with Crippen LogP contribution in [0.2, 0.25) is 0 Å². The number of ether oxygens (including phenoxy) is 1. The predicted molar refractivity (Wildman–Crippen MR) is 73.3 cm³/mol. The first-order valence-electron chi connectivity index (χ1n) is 5.82. The molecule has 0 aliphatic rings. The van der Waals surface area contributed by atoms with E-state index in [2.05, 4.69) is 9.89 Å². The van der Waals surface area contributed by atoms with Crippen LogP contribution in [0, 0.1) is 13.8 Å². The standard InChI is InChI=1S/C14H18N2O3/c1-9-7-11(14(15)16-18)8-10(2)12(9)5-4-6-13(17)19-3/h4,6-8,18H,5H2,1-3H3,(H2,15,16). The average molecular weight is 262 g/mol. The number of oxime groups is 1. The molecule has 5 heteroatoms. The summed E-state index contributed by atoms with van der Waals surface area (Å²) in [6, 6.07) is 3.70. The van der Waals surface area contributed by atoms with Crippen LogP contribution in [0.15, 0.2) is 29.4 Å². The number of amidine groups is 1. The van der Waals surface area contributed by atoms with Gasteiger partial charge in [0.2, 0.25) is 0 Å². The molecule has 0 radical (unpaired) electrons. The fourth-order valence-corrected chi connectivity index (χ4v) is 1.86. The first kappa shape index (κ1) is 14.8. The van der Waals surface area contributed by atoms with E-state index in [1.807, 2.05) is 26.0 Å². The Kier molecular flexibility index (Phi) is 5.11. The summed E-state index contributed by atoms with van der Waals surface area (Å²) in [4.78, 5) is 11.0. The highest BCUT2D eigenvalue weighted by Gasteiger charge is 2.07. The van der Waals surface area contributed by atoms with E-state index in [0.29, 0.717) is 12.0 Å². The highest BCUT2D eigenvalue weighted by Crippen LogP contribution is 2.17. The van der Waals surface area contributed by atoms with E-state index in [1.165, 1.54) is 13.2 Å². The van der Waals surface area contributed by atoms with Gasteiger partial charge in [-0.3, -0.25) is 0 Å². The van der Waals surface area contributed by atoms with Gasteiger partial charge in [0, 0.05) is 11.6 Å². The highest BCUT2D eigenvalue weighted by molar-refractivity contribution is 5.97. The number of hydrogen-bond acceptors (Lipinski definition) is 4. The van der Waals surface area contributed by atoms with Gasteiger partial charge in [-0.1, -0.05) is 11.2 Å². The van der Waals surface area contributed by atoms with Crippen molar-refractivity contribution < 1.29 is 14.7 Å². The summed E-state index contributed by atoms with van der Waals surface area (Å²) in [6.45, 7) is 3.89. The molecule has 5 nitrogen and oxygen atoms in total. The van der Waals surface area contributed by atoms with Crippen LogP contribution in [0.4, 0.5) is 0 Å². The number of rotatable bonds is 4. The van der Waals surface area contributed by atoms with Gasteiger partial charge in [0.25, 0.3) is 0 Å². The molecule has 0 atom stereocenters. The maximum absolute atomic E-state index is 11.0. The summed E-state index contributed by atoms with van der Waals surface area (Å²) in [5.74, 6) is -0.286. The Morgan fingerprint density at radius 3 is 2.47 bits per heavy atom. The number of carbonyl (C=O) groups excluding carboxylic acids is 1. The lowest BCUT2D eigenvalue weighted by atomic mass is 9.96. The van der Waals surface area contributed by atoms with E-state index in [-0.39, 0.29) is 11.8 Å². The van der Waals surface area contributed by atoms with E-state index >= 15 is 0 Å². The third-order valence-electron chi connectivity index (χ3n) is 2.88. The summed E-state index contributed by atoms with van der Waals surface area (Å²) in [5, 5.41) is 11.7. The molecular formula is C14H18N2O3. The smallest absolute Gasteiger partial charge is 0.330 e. The van der Waals surface area contributed by atoms with Crippen molar-refractivity contribution in [3.8, 4) is 0 Å². The third-order valence-corrected chi connectivity index (χ3v) is 2.88. The lowest BCUT2D eigenvalue weighted by molar-refractivity contribution is -0.134. The molecule has 0 aliphatic carbocycles. The van der Waals surface area contributed by atoms with Gasteiger partial charge in [-0.2, -0.15) is 0 Å². The molecule has 0 heterocycles. The quantitative estimate of drug-likeness (QED) is 0.216. The Labute approximate surface area is 112 Å². The van der Waals surface area contributed by atoms with E-state index in [1.54, 1.807) is 6.08 Å². The molecule has 3 N–H and O–H groups in total. The zero-order valence-electron chi connectivity index (χ0n) is 11.3. The van der Waals surface area contributed by atoms with Crippen molar-refractivity contribution in [1.29, 1.82) is 0 Å². The molecule has 0 saturated heterocycles. The van der Waals surface area contributed by atoms with Gasteiger partial charge in [0.1, 0.15) is 0 Å². The molecule has 0 saturated carbocycles. The van der Waals surface area contributed by atoms with Crippen molar-refractivity contribution in [3.05, 3.63) is 46.5 Å². The Morgan fingerprint density at radius 1 is 1.42 bits per heavy atom. The van der Waals surface area contributed by atoms with E-state index in [0.717, 1.165) is 16.7 Å². The zero-order chi connectivity index (χ0) is 14.4. The van der Waals surface area contributed by atoms with Crippen LogP contribution in [0.1, 0.15) is 22.3 Å². The Morgan fingerprint density at radius 2 is 2.00 bits per heavy atom. The number of methoxy groups -OCH3 is 1. The lowest BCUT2D eigenvalue weighted by Crippen LogP contribution is -2.14. The monoisotopic (exact) mass is 262 g/mol. The molecule has 0 aliphatic heterocycles. The largest absolute Gasteiger partial charge is 0.466 e. The van der Waals surface area contributed by atoms with E-state index < -0.39 is 0 Å². The molecule has 19 heavy (non-hydrogen) atoms. The second-order valence-electron chi connectivity index (χ2n) is 4.20. The van der Waals surface area contributed by atoms with Gasteiger partial charge in [0.15, 0.2) is 5.84 Å². The summed E-state index contributed by atoms with van der Waals surface area (Å²) >= 11 is 0. The molecule has 1 rings (SSSR count). The number of benzene rings is 1. The SMILES string of the molecule is COC(=O)C=CCc1c(C)cc(C(N)=NO)cc1C. The summed E-state index contributed by atoms with van der Waals surface area (Å²) in [5.41, 5.74) is 9.40. The molecule has 102 valence electrons. The van der Waals surface area contributed by atoms with Crippen LogP contribution in [-0.4, -0.2) is 24.1 Å². The summed E-state index contributed by atoms with van der Waals surface area (Å²) in [6.07, 6.45) is 3.78. The molecule has 1 aromatic rings. The number of aryl methyl sites for hydroxylation is 2. The second kappa shape index (κ2) is 6.58. The van der Waals surface area contributed by atoms with Crippen LogP contribution < -0.4 is 5.73 Å². The first-order chi connectivity index (χ1) is 8.99. The van der Waals surface area contributed by atoms with Crippen molar-refractivity contribution >= 4 is 11.8 Å². The fourth-order valence-electron chi connectivity index (χ4n) is 1.86. The lowest BCUT2D eigenvalue weighted by Gasteiger charge is -2.10. The first-order valence-corrected chi connectivity index (χ1v) is 5.82. The minimum atomic E-state index is -0.372. The van der Waals surface area contributed by atoms with Crippen molar-refractivity contribution in [1.82, 2.24) is 0 Å². The topological polar surface area (TPSA) is 84.9 Å². The molecule has 0 amide bonds. The minimum absolute atomic E-state index is 0.0860. The fraction of sp³-hybridized carbons (Fsp3) is 0.286. The summed E-state index contributed by atoms with van der Waals surface area (Å²) < 4.78 is 4.53. The predicted octanol–water partition coefficient (Wildman–Crippen LogP) is 1.67. The number of nitrogens with zero attached hydrogens (tertiary/aromatic N) is 1. The van der Waals surface area contributed by atoms with Crippen molar-refractivity contribution in [2.45, 2.75) is 20.3 Å². The van der Waals surface area contributed by atoms with Crippen LogP contribution in [0.5, 0.6) is 0 Å². The molecular weight excluding hydrogens is 244 g/mol. The minimum Gasteiger partial charge on any atom is -0.466 e. The Bertz CT molecular complexity index is 510. The van der Waals surface area contributed by atoms with Gasteiger partial charge in [-0.05, 0) is 49.1 Å². The van der Waals surface area contributed by atoms with Crippen LogP contribution in [0.25, 0.3) is 0 Å². The molecule has 0 aromatic heterocycles. The van der Waals surface area contributed by atoms with Crippen molar-refractivity contribution in [3.63, 3.8) is 0 Å². The maximum atomic E-state index is 11.0. The van der Waals surface area contributed by atoms with Crippen molar-refractivity contribution in [2.24, 2.45) is 10.9 Å². The number of allylic oxidation sites excluding steroid dienone is 1. The normalized spacial score (nSPS) is 11.8. The molecule has 1 aromatic carbocycles. The highest BCUT2D eigenvalue weighted by atomic mass is 16.5. The van der Waals surface area contributed by atoms with Crippen LogP contribution >= 0.6 is 0 Å². The van der Waals surface area contributed by atoms with Crippen molar-refractivity contribution in [2.75, 3.05) is 7.11 Å². The Balaban J connectivity index is 2.98. The van der Waals surface area contributed by atoms with Gasteiger partial charge in [-0.25, -0.2) is 4.79 Å². The van der Waals surface area contributed by atoms with Crippen LogP contribution in [-0.2, 0) is 16.0 Å². The van der Waals surface area contributed by atoms with Gasteiger partial charge < -0.3 is 15.7 Å². The van der Waals surface area contributed by atoms with Gasteiger partial charge in [0.05, 0.1) is 7.11 Å². The number of hydrogen-bond donors (Lipinski definition) is 2. The van der Waals surface area contributed by atoms with Gasteiger partial charge >= 0.3 is 5.97 Å². The second-order valence-corrected chi connectivity index (χ2v) is 4.20. The maximum Gasteiger partial charge on any atom is 0.330 e. The molecule has 0 spiro atoms. The number of esters is 1. The van der Waals surface area contributed by atoms with Gasteiger partial charge in [-0.15, -0.1) is 0 Å². The number of carbonyl (C=O) groups is 1. The summed E-state index contributed by atoms with van der Waals surface area (Å²) in [7, 11) is 1.34. The number of nitrogens with two attached hydrogens (primary N) is 1. The van der Waals surface area contributed by atoms with E-state index in [9.17, 15) is 4.79 Å². The Hall–Kier alpha value is -2.30. The zero-order valence-corrected chi connectivity index (χ0v) is 11.3. The molecule has 0 unspecified atom stereocenters. The molecule has 0 bridgehead atoms.